The van der Waals surface area contributed by atoms with Crippen LogP contribution in [0, 0.1) is 11.8 Å². The lowest BCUT2D eigenvalue weighted by atomic mass is 9.98. The second-order valence-electron chi connectivity index (χ2n) is 3.98. The Balaban J connectivity index is 3.70. The molecule has 78 valence electrons. The third-order valence-corrected chi connectivity index (χ3v) is 2.51. The minimum Gasteiger partial charge on any atom is -0.354 e. The first-order chi connectivity index (χ1) is 5.99. The van der Waals surface area contributed by atoms with Gasteiger partial charge in [-0.1, -0.05) is 27.7 Å². The third kappa shape index (κ3) is 4.88. The van der Waals surface area contributed by atoms with Crippen LogP contribution in [-0.2, 0) is 4.79 Å². The van der Waals surface area contributed by atoms with Gasteiger partial charge in [-0.25, -0.2) is 0 Å². The van der Waals surface area contributed by atoms with Crippen molar-refractivity contribution in [2.75, 3.05) is 6.54 Å². The predicted octanol–water partition coefficient (Wildman–Crippen LogP) is 1.13. The zero-order chi connectivity index (χ0) is 10.4. The molecule has 0 saturated heterocycles. The highest BCUT2D eigenvalue weighted by Gasteiger charge is 2.12. The molecule has 0 spiro atoms. The fourth-order valence-electron chi connectivity index (χ4n) is 0.814. The molecule has 0 aliphatic heterocycles. The summed E-state index contributed by atoms with van der Waals surface area (Å²) in [6.07, 6.45) is 0.696. The van der Waals surface area contributed by atoms with Crippen molar-refractivity contribution in [1.82, 2.24) is 5.32 Å². The van der Waals surface area contributed by atoms with Gasteiger partial charge in [-0.15, -0.1) is 0 Å². The van der Waals surface area contributed by atoms with Crippen molar-refractivity contribution < 1.29 is 4.79 Å². The van der Waals surface area contributed by atoms with E-state index in [9.17, 15) is 4.79 Å². The van der Waals surface area contributed by atoms with E-state index in [1.807, 2.05) is 6.92 Å². The van der Waals surface area contributed by atoms with Crippen LogP contribution in [0.3, 0.4) is 0 Å². The molecule has 0 aliphatic rings. The maximum absolute atomic E-state index is 11.3. The van der Waals surface area contributed by atoms with E-state index in [0.29, 0.717) is 18.3 Å². The molecule has 3 nitrogen and oxygen atoms in total. The average Bonchev–Trinajstić information content (AvgIpc) is 2.11. The second-order valence-corrected chi connectivity index (χ2v) is 3.98. The highest BCUT2D eigenvalue weighted by Crippen LogP contribution is 2.07. The molecule has 0 bridgehead atoms. The topological polar surface area (TPSA) is 55.1 Å². The number of nitrogens with two attached hydrogens (primary N) is 1. The fourth-order valence-corrected chi connectivity index (χ4v) is 0.814. The van der Waals surface area contributed by atoms with Gasteiger partial charge in [-0.05, 0) is 18.3 Å². The summed E-state index contributed by atoms with van der Waals surface area (Å²) in [4.78, 5) is 11.3. The number of carbonyl (C=O) groups is 1. The van der Waals surface area contributed by atoms with Crippen LogP contribution < -0.4 is 11.1 Å². The van der Waals surface area contributed by atoms with Crippen molar-refractivity contribution in [3.05, 3.63) is 0 Å². The molecule has 1 amide bonds. The van der Waals surface area contributed by atoms with E-state index >= 15 is 0 Å². The van der Waals surface area contributed by atoms with E-state index in [4.69, 9.17) is 5.73 Å². The third-order valence-electron chi connectivity index (χ3n) is 2.51. The highest BCUT2D eigenvalue weighted by atomic mass is 16.2. The van der Waals surface area contributed by atoms with E-state index in [1.54, 1.807) is 0 Å². The fraction of sp³-hybridized carbons (Fsp3) is 0.900. The van der Waals surface area contributed by atoms with Crippen molar-refractivity contribution in [2.45, 2.75) is 40.2 Å². The van der Waals surface area contributed by atoms with E-state index in [2.05, 4.69) is 26.1 Å². The molecule has 0 aromatic heterocycles. The van der Waals surface area contributed by atoms with Crippen LogP contribution in [-0.4, -0.2) is 18.5 Å². The zero-order valence-electron chi connectivity index (χ0n) is 9.13. The maximum atomic E-state index is 11.3. The Bertz CT molecular complexity index is 157. The summed E-state index contributed by atoms with van der Waals surface area (Å²) in [5, 5.41) is 2.85. The van der Waals surface area contributed by atoms with Crippen LogP contribution in [0.5, 0.6) is 0 Å². The van der Waals surface area contributed by atoms with Crippen LogP contribution in [0.15, 0.2) is 0 Å². The van der Waals surface area contributed by atoms with Crippen LogP contribution in [0.1, 0.15) is 34.1 Å². The number of carbonyl (C=O) groups excluding carboxylic acids is 1. The van der Waals surface area contributed by atoms with Crippen LogP contribution >= 0.6 is 0 Å². The quantitative estimate of drug-likeness (QED) is 0.676. The molecule has 2 unspecified atom stereocenters. The lowest BCUT2D eigenvalue weighted by Gasteiger charge is -2.17. The number of nitrogens with one attached hydrogen (secondary N) is 1. The van der Waals surface area contributed by atoms with Gasteiger partial charge in [0.05, 0.1) is 6.04 Å². The average molecular weight is 186 g/mol. The molecule has 0 aromatic carbocycles. The van der Waals surface area contributed by atoms with E-state index in [0.717, 1.165) is 6.54 Å². The number of amides is 1. The van der Waals surface area contributed by atoms with Gasteiger partial charge >= 0.3 is 0 Å². The Morgan fingerprint density at radius 3 is 2.31 bits per heavy atom. The summed E-state index contributed by atoms with van der Waals surface area (Å²) in [7, 11) is 0. The van der Waals surface area contributed by atoms with Gasteiger partial charge in [0.1, 0.15) is 0 Å². The van der Waals surface area contributed by atoms with Gasteiger partial charge < -0.3 is 11.1 Å². The van der Waals surface area contributed by atoms with E-state index in [-0.39, 0.29) is 11.9 Å². The van der Waals surface area contributed by atoms with Gasteiger partial charge in [-0.3, -0.25) is 4.79 Å². The normalized spacial score (nSPS) is 15.5. The van der Waals surface area contributed by atoms with Gasteiger partial charge in [0.15, 0.2) is 0 Å². The minimum absolute atomic E-state index is 0.0324. The molecule has 0 aromatic rings. The Morgan fingerprint density at radius 1 is 1.38 bits per heavy atom. The molecule has 0 radical (unpaired) electrons. The Labute approximate surface area is 81.1 Å². The van der Waals surface area contributed by atoms with Crippen LogP contribution in [0.25, 0.3) is 0 Å². The molecule has 3 N–H and O–H groups in total. The summed E-state index contributed by atoms with van der Waals surface area (Å²) in [6, 6.07) is -0.348. The first-order valence-electron chi connectivity index (χ1n) is 5.02. The van der Waals surface area contributed by atoms with Gasteiger partial charge in [0.2, 0.25) is 5.91 Å². The van der Waals surface area contributed by atoms with Crippen molar-refractivity contribution in [3.63, 3.8) is 0 Å². The summed E-state index contributed by atoms with van der Waals surface area (Å²) < 4.78 is 0. The Morgan fingerprint density at radius 2 is 1.92 bits per heavy atom. The van der Waals surface area contributed by atoms with Gasteiger partial charge in [0, 0.05) is 6.54 Å². The maximum Gasteiger partial charge on any atom is 0.236 e. The molecular formula is C10H22N2O. The molecule has 13 heavy (non-hydrogen) atoms. The first kappa shape index (κ1) is 12.4. The van der Waals surface area contributed by atoms with E-state index in [1.165, 1.54) is 0 Å². The van der Waals surface area contributed by atoms with Crippen LogP contribution in [0.2, 0.25) is 0 Å². The summed E-state index contributed by atoms with van der Waals surface area (Å²) in [6.45, 7) is 9.07. The van der Waals surface area contributed by atoms with E-state index < -0.39 is 0 Å². The SMILES string of the molecule is CCC(N)C(=O)NCC(C)C(C)C. The molecule has 2 atom stereocenters. The van der Waals surface area contributed by atoms with Gasteiger partial charge in [-0.2, -0.15) is 0 Å². The molecule has 0 heterocycles. The lowest BCUT2D eigenvalue weighted by molar-refractivity contribution is -0.122. The molecule has 0 saturated carbocycles. The largest absolute Gasteiger partial charge is 0.354 e. The molecule has 0 aliphatic carbocycles. The zero-order valence-corrected chi connectivity index (χ0v) is 9.13. The lowest BCUT2D eigenvalue weighted by Crippen LogP contribution is -2.42. The smallest absolute Gasteiger partial charge is 0.236 e. The van der Waals surface area contributed by atoms with Crippen molar-refractivity contribution in [3.8, 4) is 0 Å². The number of hydrogen-bond donors (Lipinski definition) is 2. The number of rotatable bonds is 5. The first-order valence-corrected chi connectivity index (χ1v) is 5.02. The molecule has 0 rings (SSSR count). The molecule has 3 heteroatoms. The summed E-state index contributed by atoms with van der Waals surface area (Å²) in [5.41, 5.74) is 5.57. The predicted molar refractivity (Wildman–Crippen MR) is 55.3 cm³/mol. The summed E-state index contributed by atoms with van der Waals surface area (Å²) >= 11 is 0. The highest BCUT2D eigenvalue weighted by molar-refractivity contribution is 5.81. The Kier molecular flexibility index (Phi) is 5.71. The summed E-state index contributed by atoms with van der Waals surface area (Å²) in [5.74, 6) is 1.07. The van der Waals surface area contributed by atoms with Crippen molar-refractivity contribution >= 4 is 5.91 Å². The monoisotopic (exact) mass is 186 g/mol. The standard InChI is InChI=1S/C10H22N2O/c1-5-9(11)10(13)12-6-8(4)7(2)3/h7-9H,5-6,11H2,1-4H3,(H,12,13). The van der Waals surface area contributed by atoms with Crippen LogP contribution in [0.4, 0.5) is 0 Å². The van der Waals surface area contributed by atoms with Crippen molar-refractivity contribution in [2.24, 2.45) is 17.6 Å². The second kappa shape index (κ2) is 5.97. The Hall–Kier alpha value is -0.570. The molecule has 0 fully saturated rings. The van der Waals surface area contributed by atoms with Gasteiger partial charge in [0.25, 0.3) is 0 Å². The minimum atomic E-state index is -0.348. The van der Waals surface area contributed by atoms with Crippen molar-refractivity contribution in [1.29, 1.82) is 0 Å². The number of hydrogen-bond acceptors (Lipinski definition) is 2. The molecular weight excluding hydrogens is 164 g/mol.